The van der Waals surface area contributed by atoms with Gasteiger partial charge in [0.15, 0.2) is 0 Å². The summed E-state index contributed by atoms with van der Waals surface area (Å²) in [5.74, 6) is -0.670. The van der Waals surface area contributed by atoms with E-state index in [0.29, 0.717) is 5.69 Å². The van der Waals surface area contributed by atoms with Gasteiger partial charge in [-0.25, -0.2) is 8.42 Å². The Morgan fingerprint density at radius 2 is 1.63 bits per heavy atom. The molecule has 2 amide bonds. The first-order chi connectivity index (χ1) is 18.1. The molecular weight excluding hydrogens is 566 g/mol. The summed E-state index contributed by atoms with van der Waals surface area (Å²) in [6.45, 7) is 1.47. The highest BCUT2D eigenvalue weighted by molar-refractivity contribution is 9.10. The number of carbonyl (C=O) groups excluding carboxylic acids is 2. The molecule has 0 aromatic heterocycles. The van der Waals surface area contributed by atoms with E-state index >= 15 is 0 Å². The Balaban J connectivity index is 1.64. The fraction of sp³-hybridized carbons (Fsp3) is 0.379. The van der Waals surface area contributed by atoms with Crippen molar-refractivity contribution in [3.63, 3.8) is 0 Å². The molecule has 9 heteroatoms. The second-order valence-electron chi connectivity index (χ2n) is 9.94. The van der Waals surface area contributed by atoms with Crippen LogP contribution in [0.25, 0.3) is 10.8 Å². The Hall–Kier alpha value is -2.91. The van der Waals surface area contributed by atoms with Crippen molar-refractivity contribution in [3.05, 3.63) is 76.8 Å². The van der Waals surface area contributed by atoms with Crippen molar-refractivity contribution >= 4 is 54.2 Å². The molecule has 38 heavy (non-hydrogen) atoms. The molecule has 1 aliphatic rings. The van der Waals surface area contributed by atoms with Crippen LogP contribution in [0.3, 0.4) is 0 Å². The van der Waals surface area contributed by atoms with Crippen LogP contribution >= 0.6 is 15.9 Å². The van der Waals surface area contributed by atoms with Crippen molar-refractivity contribution in [2.45, 2.75) is 57.7 Å². The maximum atomic E-state index is 13.8. The minimum absolute atomic E-state index is 0.103. The molecule has 1 N–H and O–H groups in total. The number of nitrogens with zero attached hydrogens (tertiary/aromatic N) is 2. The van der Waals surface area contributed by atoms with Gasteiger partial charge in [-0.3, -0.25) is 13.9 Å². The van der Waals surface area contributed by atoms with Crippen molar-refractivity contribution < 1.29 is 18.0 Å². The highest BCUT2D eigenvalue weighted by Crippen LogP contribution is 2.29. The van der Waals surface area contributed by atoms with E-state index in [1.54, 1.807) is 19.1 Å². The molecule has 1 saturated carbocycles. The van der Waals surface area contributed by atoms with Crippen molar-refractivity contribution in [2.24, 2.45) is 0 Å². The largest absolute Gasteiger partial charge is 0.352 e. The molecule has 1 aliphatic carbocycles. The molecule has 1 atom stereocenters. The monoisotopic (exact) mass is 599 g/mol. The summed E-state index contributed by atoms with van der Waals surface area (Å²) in [5, 5.41) is 4.72. The van der Waals surface area contributed by atoms with E-state index in [1.807, 2.05) is 54.6 Å². The lowest BCUT2D eigenvalue weighted by Crippen LogP contribution is -2.53. The van der Waals surface area contributed by atoms with Crippen LogP contribution in [-0.4, -0.2) is 50.0 Å². The molecule has 0 saturated heterocycles. The number of fused-ring (bicyclic) bond motifs is 1. The summed E-state index contributed by atoms with van der Waals surface area (Å²) < 4.78 is 28.0. The summed E-state index contributed by atoms with van der Waals surface area (Å²) >= 11 is 3.43. The van der Waals surface area contributed by atoms with Gasteiger partial charge in [-0.2, -0.15) is 0 Å². The summed E-state index contributed by atoms with van der Waals surface area (Å²) in [7, 11) is -3.81. The molecule has 0 aliphatic heterocycles. The van der Waals surface area contributed by atoms with Crippen LogP contribution in [0, 0.1) is 0 Å². The average molecular weight is 601 g/mol. The van der Waals surface area contributed by atoms with Gasteiger partial charge in [0.25, 0.3) is 0 Å². The Bertz CT molecular complexity index is 1380. The first kappa shape index (κ1) is 28.1. The van der Waals surface area contributed by atoms with Crippen LogP contribution in [-0.2, 0) is 26.2 Å². The van der Waals surface area contributed by atoms with Gasteiger partial charge in [0.05, 0.1) is 11.9 Å². The molecule has 7 nitrogen and oxygen atoms in total. The van der Waals surface area contributed by atoms with Crippen LogP contribution in [0.1, 0.15) is 44.6 Å². The normalized spacial score (nSPS) is 15.1. The number of hydrogen-bond acceptors (Lipinski definition) is 4. The van der Waals surface area contributed by atoms with Crippen LogP contribution in [0.5, 0.6) is 0 Å². The second-order valence-corrected chi connectivity index (χ2v) is 12.8. The summed E-state index contributed by atoms with van der Waals surface area (Å²) in [5.41, 5.74) is 1.27. The lowest BCUT2D eigenvalue weighted by molar-refractivity contribution is -0.139. The zero-order valence-corrected chi connectivity index (χ0v) is 24.2. The van der Waals surface area contributed by atoms with Gasteiger partial charge in [-0.05, 0) is 48.9 Å². The number of nitrogens with one attached hydrogen (secondary N) is 1. The summed E-state index contributed by atoms with van der Waals surface area (Å²) in [6, 6.07) is 19.7. The molecule has 1 fully saturated rings. The number of carbonyl (C=O) groups is 2. The van der Waals surface area contributed by atoms with Gasteiger partial charge < -0.3 is 10.2 Å². The van der Waals surface area contributed by atoms with Crippen molar-refractivity contribution in [2.75, 3.05) is 17.1 Å². The van der Waals surface area contributed by atoms with Gasteiger partial charge in [0.1, 0.15) is 12.6 Å². The third-order valence-electron chi connectivity index (χ3n) is 7.10. The fourth-order valence-corrected chi connectivity index (χ4v) is 6.08. The average Bonchev–Trinajstić information content (AvgIpc) is 2.90. The molecule has 1 unspecified atom stereocenters. The van der Waals surface area contributed by atoms with Crippen LogP contribution in [0.2, 0.25) is 0 Å². The Morgan fingerprint density at radius 3 is 2.32 bits per heavy atom. The molecular formula is C29H34BrN3O4S. The third kappa shape index (κ3) is 6.94. The molecule has 0 bridgehead atoms. The molecule has 4 rings (SSSR count). The SMILES string of the molecule is CC(C(=O)NC1CCCCC1)N(Cc1ccc(Br)cc1)C(=O)CN(c1cccc2ccccc12)S(C)(=O)=O. The van der Waals surface area contributed by atoms with Gasteiger partial charge in [0, 0.05) is 22.4 Å². The topological polar surface area (TPSA) is 86.8 Å². The van der Waals surface area contributed by atoms with Gasteiger partial charge >= 0.3 is 0 Å². The number of amides is 2. The van der Waals surface area contributed by atoms with E-state index in [-0.39, 0.29) is 18.5 Å². The quantitative estimate of drug-likeness (QED) is 0.364. The van der Waals surface area contributed by atoms with Crippen molar-refractivity contribution in [3.8, 4) is 0 Å². The number of benzene rings is 3. The van der Waals surface area contributed by atoms with Crippen LogP contribution in [0.4, 0.5) is 5.69 Å². The lowest BCUT2D eigenvalue weighted by Gasteiger charge is -2.33. The predicted octanol–water partition coefficient (Wildman–Crippen LogP) is 5.23. The van der Waals surface area contributed by atoms with Gasteiger partial charge in [0.2, 0.25) is 21.8 Å². The number of sulfonamides is 1. The van der Waals surface area contributed by atoms with E-state index in [4.69, 9.17) is 0 Å². The zero-order chi connectivity index (χ0) is 27.3. The summed E-state index contributed by atoms with van der Waals surface area (Å²) in [6.07, 6.45) is 6.29. The zero-order valence-electron chi connectivity index (χ0n) is 21.8. The summed E-state index contributed by atoms with van der Waals surface area (Å²) in [4.78, 5) is 28.6. The van der Waals surface area contributed by atoms with Crippen molar-refractivity contribution in [1.29, 1.82) is 0 Å². The number of rotatable bonds is 9. The third-order valence-corrected chi connectivity index (χ3v) is 8.75. The number of hydrogen-bond donors (Lipinski definition) is 1. The van der Waals surface area contributed by atoms with E-state index in [0.717, 1.165) is 57.1 Å². The molecule has 3 aromatic rings. The van der Waals surface area contributed by atoms with Crippen LogP contribution in [0.15, 0.2) is 71.2 Å². The maximum Gasteiger partial charge on any atom is 0.244 e. The molecule has 0 heterocycles. The Kier molecular flexibility index (Phi) is 9.10. The number of halogens is 1. The standard InChI is InChI=1S/C29H34BrN3O4S/c1-21(29(35)31-25-11-4-3-5-12-25)32(19-22-15-17-24(30)18-16-22)28(34)20-33(38(2,36)37)27-14-8-10-23-9-6-7-13-26(23)27/h6-10,13-18,21,25H,3-5,11-12,19-20H2,1-2H3,(H,31,35). The minimum atomic E-state index is -3.81. The minimum Gasteiger partial charge on any atom is -0.352 e. The smallest absolute Gasteiger partial charge is 0.244 e. The lowest BCUT2D eigenvalue weighted by atomic mass is 9.95. The van der Waals surface area contributed by atoms with Gasteiger partial charge in [-0.15, -0.1) is 0 Å². The highest BCUT2D eigenvalue weighted by Gasteiger charge is 2.31. The van der Waals surface area contributed by atoms with E-state index < -0.39 is 28.5 Å². The molecule has 202 valence electrons. The molecule has 0 spiro atoms. The fourth-order valence-electron chi connectivity index (χ4n) is 4.96. The Labute approximate surface area is 233 Å². The van der Waals surface area contributed by atoms with E-state index in [2.05, 4.69) is 21.2 Å². The van der Waals surface area contributed by atoms with E-state index in [9.17, 15) is 18.0 Å². The highest BCUT2D eigenvalue weighted by atomic mass is 79.9. The van der Waals surface area contributed by atoms with Gasteiger partial charge in [-0.1, -0.05) is 83.7 Å². The first-order valence-electron chi connectivity index (χ1n) is 12.9. The van der Waals surface area contributed by atoms with Crippen LogP contribution < -0.4 is 9.62 Å². The first-order valence-corrected chi connectivity index (χ1v) is 15.6. The molecule has 3 aromatic carbocycles. The Morgan fingerprint density at radius 1 is 0.974 bits per heavy atom. The predicted molar refractivity (Wildman–Crippen MR) is 155 cm³/mol. The molecule has 0 radical (unpaired) electrons. The maximum absolute atomic E-state index is 13.8. The number of anilines is 1. The van der Waals surface area contributed by atoms with Crippen molar-refractivity contribution in [1.82, 2.24) is 10.2 Å². The van der Waals surface area contributed by atoms with E-state index in [1.165, 1.54) is 11.3 Å². The second kappa shape index (κ2) is 12.3.